The molecule has 0 bridgehead atoms. The van der Waals surface area contributed by atoms with Crippen LogP contribution in [0.1, 0.15) is 58.8 Å². The average Bonchev–Trinajstić information content (AvgIpc) is 2.65. The number of carbonyl (C=O) groups is 2. The predicted octanol–water partition coefficient (Wildman–Crippen LogP) is 2.51. The summed E-state index contributed by atoms with van der Waals surface area (Å²) in [5.41, 5.74) is 0. The monoisotopic (exact) mass is 438 g/mol. The molecule has 0 saturated heterocycles. The molecule has 0 aliphatic rings. The van der Waals surface area contributed by atoms with Crippen molar-refractivity contribution in [2.45, 2.75) is 71.4 Å². The third kappa shape index (κ3) is 13.2. The molecule has 1 N–H and O–H groups in total. The Morgan fingerprint density at radius 2 is 1.39 bits per heavy atom. The third-order valence-electron chi connectivity index (χ3n) is 5.00. The molecule has 0 amide bonds. The van der Waals surface area contributed by atoms with E-state index >= 15 is 0 Å². The number of hydrogen-bond donors (Lipinski definition) is 1. The molecule has 10 heteroatoms. The molecule has 0 rings (SSSR count). The van der Waals surface area contributed by atoms with E-state index < -0.39 is 33.7 Å². The van der Waals surface area contributed by atoms with Crippen molar-refractivity contribution in [3.8, 4) is 0 Å². The standard InChI is InChI=1S/C18H32O7S.2Na/c1-5-7-9-14(3)12-24-17(19)11-16(26(21,22)23)18(20)25-13-15(4)10-8-6-2;;/h14-16H,3-13H2,1-2H3,(H,21,22,23);;. The van der Waals surface area contributed by atoms with E-state index in [0.29, 0.717) is 0 Å². The van der Waals surface area contributed by atoms with Crippen LogP contribution in [0.4, 0.5) is 0 Å². The first-order chi connectivity index (χ1) is 13.2. The fraction of sp³-hybridized carbons (Fsp3) is 0.889. The molecule has 0 aliphatic heterocycles. The van der Waals surface area contributed by atoms with Gasteiger partial charge in [-0.05, 0) is 0 Å². The molecule has 0 heterocycles. The number of esters is 2. The van der Waals surface area contributed by atoms with Gasteiger partial charge in [0.1, 0.15) is 0 Å². The Labute approximate surface area is 204 Å². The molecule has 0 aromatic rings. The number of ether oxygens (including phenoxy) is 2. The minimum absolute atomic E-state index is 0.114. The van der Waals surface area contributed by atoms with Crippen molar-refractivity contribution in [2.75, 3.05) is 13.2 Å². The van der Waals surface area contributed by atoms with E-state index in [0.717, 1.165) is 102 Å². The average molecular weight is 438 g/mol. The van der Waals surface area contributed by atoms with Crippen LogP contribution >= 0.6 is 0 Å². The van der Waals surface area contributed by atoms with Crippen molar-refractivity contribution >= 4 is 77.9 Å². The molecule has 0 aromatic carbocycles. The maximum atomic E-state index is 12.2. The van der Waals surface area contributed by atoms with E-state index in [-0.39, 0.29) is 25.0 Å². The summed E-state index contributed by atoms with van der Waals surface area (Å²) in [5.74, 6) is -1.43. The summed E-state index contributed by atoms with van der Waals surface area (Å²) in [4.78, 5) is 24.2. The van der Waals surface area contributed by atoms with Crippen LogP contribution in [0.25, 0.3) is 0 Å². The maximum absolute atomic E-state index is 12.2. The Kier molecular flexibility index (Phi) is 17.0. The Hall–Kier alpha value is 0.850. The van der Waals surface area contributed by atoms with Crippen molar-refractivity contribution < 1.29 is 32.0 Å². The van der Waals surface area contributed by atoms with E-state index in [2.05, 4.69) is 13.8 Å². The number of hydrogen-bond acceptors (Lipinski definition) is 6. The number of unbranched alkanes of at least 4 members (excludes halogenated alkanes) is 2. The third-order valence-corrected chi connectivity index (χ3v) is 8.39. The molecule has 28 heavy (non-hydrogen) atoms. The number of rotatable bonds is 16. The fourth-order valence-corrected chi connectivity index (χ4v) is 4.77. The zero-order chi connectivity index (χ0) is 21.6. The van der Waals surface area contributed by atoms with Crippen LogP contribution in [0, 0.1) is 11.8 Å². The van der Waals surface area contributed by atoms with Gasteiger partial charge in [0.2, 0.25) is 0 Å². The van der Waals surface area contributed by atoms with E-state index in [1.807, 2.05) is 0 Å². The van der Waals surface area contributed by atoms with Gasteiger partial charge in [-0.1, -0.05) is 0 Å². The van der Waals surface area contributed by atoms with Crippen molar-refractivity contribution in [3.05, 3.63) is 0 Å². The Morgan fingerprint density at radius 1 is 0.929 bits per heavy atom. The summed E-state index contributed by atoms with van der Waals surface area (Å²) in [6.07, 6.45) is 5.29. The summed E-state index contributed by atoms with van der Waals surface area (Å²) in [7, 11) is -4.75. The van der Waals surface area contributed by atoms with Gasteiger partial charge in [-0.3, -0.25) is 0 Å². The fourth-order valence-electron chi connectivity index (χ4n) is 2.82. The minimum atomic E-state index is -4.75. The molecule has 3 atom stereocenters. The van der Waals surface area contributed by atoms with Gasteiger partial charge in [0, 0.05) is 0 Å². The van der Waals surface area contributed by atoms with Crippen molar-refractivity contribution in [2.24, 2.45) is 11.8 Å². The Bertz CT molecular complexity index is 554. The van der Waals surface area contributed by atoms with E-state index in [4.69, 9.17) is 9.47 Å². The van der Waals surface area contributed by atoms with Crippen LogP contribution in [0.3, 0.4) is 0 Å². The van der Waals surface area contributed by atoms with E-state index in [1.54, 1.807) is 0 Å². The first-order valence-corrected chi connectivity index (χ1v) is 14.8. The molecule has 0 radical (unpaired) electrons. The quantitative estimate of drug-likeness (QED) is 0.224. The van der Waals surface area contributed by atoms with Crippen molar-refractivity contribution in [3.63, 3.8) is 0 Å². The van der Waals surface area contributed by atoms with Gasteiger partial charge < -0.3 is 0 Å². The molecule has 154 valence electrons. The molecule has 3 unspecified atom stereocenters. The van der Waals surface area contributed by atoms with Crippen LogP contribution < -0.4 is 0 Å². The summed E-state index contributed by atoms with van der Waals surface area (Å²) in [6, 6.07) is 0. The predicted molar refractivity (Wildman–Crippen MR) is 109 cm³/mol. The summed E-state index contributed by atoms with van der Waals surface area (Å²) in [6.45, 7) is 4.49. The Morgan fingerprint density at radius 3 is 1.79 bits per heavy atom. The second-order valence-corrected chi connectivity index (χ2v) is 10.6. The van der Waals surface area contributed by atoms with Crippen LogP contribution in [0.2, 0.25) is 7.34 Å². The molecule has 7 nitrogen and oxygen atoms in total. The van der Waals surface area contributed by atoms with Crippen LogP contribution in [0.15, 0.2) is 0 Å². The Balaban J connectivity index is 4.73. The summed E-state index contributed by atoms with van der Waals surface area (Å²) >= 11 is 1.94. The first kappa shape index (κ1) is 28.9. The van der Waals surface area contributed by atoms with Gasteiger partial charge in [-0.25, -0.2) is 0 Å². The topological polar surface area (TPSA) is 107 Å². The van der Waals surface area contributed by atoms with Gasteiger partial charge in [0.15, 0.2) is 0 Å². The van der Waals surface area contributed by atoms with Crippen LogP contribution in [0.5, 0.6) is 0 Å². The van der Waals surface area contributed by atoms with Crippen LogP contribution in [-0.4, -0.2) is 99.2 Å². The molecular weight excluding hydrogens is 406 g/mol. The summed E-state index contributed by atoms with van der Waals surface area (Å²) in [5, 5.41) is -1.92. The number of carbonyl (C=O) groups excluding carboxylic acids is 2. The van der Waals surface area contributed by atoms with E-state index in [9.17, 15) is 22.6 Å². The molecule has 0 fully saturated rings. The normalized spacial score (nSPS) is 15.0. The van der Waals surface area contributed by atoms with Gasteiger partial charge in [0.05, 0.1) is 0 Å². The SMILES string of the molecule is CCCCC([CH2][Na])COC(=O)CC(C(=O)OCC([CH2][Na])CCCC)S(=O)(=O)O. The van der Waals surface area contributed by atoms with E-state index in [1.165, 1.54) is 0 Å². The molecule has 0 saturated carbocycles. The molecular formula is C18H32Na2O7S. The first-order valence-electron chi connectivity index (χ1n) is 10.5. The molecule has 0 spiro atoms. The molecule has 0 aromatic heterocycles. The van der Waals surface area contributed by atoms with Gasteiger partial charge >= 0.3 is 206 Å². The molecule has 0 aliphatic carbocycles. The second kappa shape index (κ2) is 16.5. The van der Waals surface area contributed by atoms with Crippen LogP contribution in [-0.2, 0) is 29.2 Å². The van der Waals surface area contributed by atoms with Gasteiger partial charge in [0.25, 0.3) is 0 Å². The zero-order valence-corrected chi connectivity index (χ0v) is 22.6. The van der Waals surface area contributed by atoms with Gasteiger partial charge in [-0.15, -0.1) is 0 Å². The second-order valence-electron chi connectivity index (χ2n) is 7.35. The van der Waals surface area contributed by atoms with Gasteiger partial charge in [-0.2, -0.15) is 0 Å². The van der Waals surface area contributed by atoms with Crippen molar-refractivity contribution in [1.29, 1.82) is 0 Å². The summed E-state index contributed by atoms with van der Waals surface area (Å²) < 4.78 is 44.8. The van der Waals surface area contributed by atoms with Crippen molar-refractivity contribution in [1.82, 2.24) is 0 Å². The zero-order valence-electron chi connectivity index (χ0n) is 17.8.